The molecule has 8 nitrogen and oxygen atoms in total. The number of nitrogens with zero attached hydrogens (tertiary/aromatic N) is 8. The van der Waals surface area contributed by atoms with Gasteiger partial charge in [-0.2, -0.15) is 5.10 Å². The Balaban J connectivity index is 1.28. The van der Waals surface area contributed by atoms with E-state index in [0.717, 1.165) is 54.4 Å². The van der Waals surface area contributed by atoms with Gasteiger partial charge in [0.2, 0.25) is 0 Å². The van der Waals surface area contributed by atoms with E-state index >= 15 is 0 Å². The van der Waals surface area contributed by atoms with E-state index in [1.54, 1.807) is 6.20 Å². The molecule has 142 valence electrons. The first-order valence-corrected chi connectivity index (χ1v) is 9.60. The number of aromatic nitrogens is 7. The van der Waals surface area contributed by atoms with Crippen molar-refractivity contribution < 1.29 is 0 Å². The van der Waals surface area contributed by atoms with Crippen LogP contribution in [0.3, 0.4) is 0 Å². The molecule has 4 heterocycles. The minimum absolute atomic E-state index is 0.411. The Bertz CT molecular complexity index is 1080. The van der Waals surface area contributed by atoms with Gasteiger partial charge in [0, 0.05) is 38.4 Å². The number of benzene rings is 1. The summed E-state index contributed by atoms with van der Waals surface area (Å²) in [7, 11) is 2.05. The highest BCUT2D eigenvalue weighted by Crippen LogP contribution is 2.29. The monoisotopic (exact) mass is 374 g/mol. The predicted octanol–water partition coefficient (Wildman–Crippen LogP) is 2.39. The van der Waals surface area contributed by atoms with E-state index in [2.05, 4.69) is 36.8 Å². The van der Waals surface area contributed by atoms with Crippen LogP contribution in [0.1, 0.15) is 30.4 Å². The maximum atomic E-state index is 4.78. The highest BCUT2D eigenvalue weighted by Gasteiger charge is 2.26. The van der Waals surface area contributed by atoms with Gasteiger partial charge in [0.1, 0.15) is 18.2 Å². The average molecular weight is 374 g/mol. The second kappa shape index (κ2) is 7.03. The van der Waals surface area contributed by atoms with Gasteiger partial charge in [-0.15, -0.1) is 10.2 Å². The van der Waals surface area contributed by atoms with Crippen LogP contribution in [-0.4, -0.2) is 47.6 Å². The third-order valence-corrected chi connectivity index (χ3v) is 5.48. The summed E-state index contributed by atoms with van der Waals surface area (Å²) in [6.07, 6.45) is 7.66. The number of hydrogen-bond acceptors (Lipinski definition) is 6. The number of fused-ring (bicyclic) bond motifs is 1. The Labute approximate surface area is 162 Å². The second-order valence-electron chi connectivity index (χ2n) is 7.22. The summed E-state index contributed by atoms with van der Waals surface area (Å²) < 4.78 is 3.99. The molecule has 0 spiro atoms. The van der Waals surface area contributed by atoms with Crippen LogP contribution in [0.4, 0.5) is 5.82 Å². The Morgan fingerprint density at radius 2 is 1.86 bits per heavy atom. The summed E-state index contributed by atoms with van der Waals surface area (Å²) in [5.74, 6) is 3.36. The number of piperidine rings is 1. The summed E-state index contributed by atoms with van der Waals surface area (Å²) in [6.45, 7) is 2.53. The molecule has 8 heteroatoms. The lowest BCUT2D eigenvalue weighted by molar-refractivity contribution is 0.469. The molecule has 1 saturated heterocycles. The number of anilines is 1. The summed E-state index contributed by atoms with van der Waals surface area (Å²) >= 11 is 0. The SMILES string of the molecule is Cn1c(Cn2cccn2)nnc1C1CCN(c2cnc3ccccc3n2)CC1. The Morgan fingerprint density at radius 1 is 1.04 bits per heavy atom. The molecule has 0 bridgehead atoms. The van der Waals surface area contributed by atoms with E-state index in [9.17, 15) is 0 Å². The molecule has 1 fully saturated rings. The van der Waals surface area contributed by atoms with Gasteiger partial charge in [-0.3, -0.25) is 9.67 Å². The maximum Gasteiger partial charge on any atom is 0.154 e. The number of hydrogen-bond donors (Lipinski definition) is 0. The van der Waals surface area contributed by atoms with Crippen molar-refractivity contribution in [2.75, 3.05) is 18.0 Å². The molecule has 3 aromatic heterocycles. The lowest BCUT2D eigenvalue weighted by Crippen LogP contribution is -2.34. The molecule has 1 aliphatic rings. The summed E-state index contributed by atoms with van der Waals surface area (Å²) in [5, 5.41) is 13.1. The second-order valence-corrected chi connectivity index (χ2v) is 7.22. The van der Waals surface area contributed by atoms with E-state index in [0.29, 0.717) is 12.5 Å². The van der Waals surface area contributed by atoms with Crippen LogP contribution in [0.5, 0.6) is 0 Å². The topological polar surface area (TPSA) is 77.5 Å². The van der Waals surface area contributed by atoms with Crippen molar-refractivity contribution in [3.05, 3.63) is 60.6 Å². The highest BCUT2D eigenvalue weighted by atomic mass is 15.3. The van der Waals surface area contributed by atoms with E-state index in [1.807, 2.05) is 47.4 Å². The molecule has 0 saturated carbocycles. The van der Waals surface area contributed by atoms with Crippen molar-refractivity contribution in [2.24, 2.45) is 7.05 Å². The van der Waals surface area contributed by atoms with Crippen molar-refractivity contribution in [1.29, 1.82) is 0 Å². The molecule has 0 amide bonds. The van der Waals surface area contributed by atoms with Crippen molar-refractivity contribution in [1.82, 2.24) is 34.5 Å². The molecular formula is C20H22N8. The van der Waals surface area contributed by atoms with Gasteiger partial charge in [0.15, 0.2) is 5.82 Å². The smallest absolute Gasteiger partial charge is 0.154 e. The lowest BCUT2D eigenvalue weighted by Gasteiger charge is -2.32. The van der Waals surface area contributed by atoms with Crippen molar-refractivity contribution in [3.8, 4) is 0 Å². The van der Waals surface area contributed by atoms with Gasteiger partial charge in [0.25, 0.3) is 0 Å². The normalized spacial score (nSPS) is 15.4. The van der Waals surface area contributed by atoms with Gasteiger partial charge in [-0.1, -0.05) is 12.1 Å². The zero-order valence-corrected chi connectivity index (χ0v) is 15.8. The van der Waals surface area contributed by atoms with Crippen LogP contribution in [-0.2, 0) is 13.6 Å². The Morgan fingerprint density at radius 3 is 2.64 bits per heavy atom. The third-order valence-electron chi connectivity index (χ3n) is 5.48. The molecule has 4 aromatic rings. The largest absolute Gasteiger partial charge is 0.355 e. The molecule has 0 unspecified atom stereocenters. The average Bonchev–Trinajstić information content (AvgIpc) is 3.38. The van der Waals surface area contributed by atoms with Crippen LogP contribution < -0.4 is 4.90 Å². The van der Waals surface area contributed by atoms with Gasteiger partial charge in [-0.25, -0.2) is 4.98 Å². The summed E-state index contributed by atoms with van der Waals surface area (Å²) in [6, 6.07) is 9.92. The molecule has 0 N–H and O–H groups in total. The van der Waals surface area contributed by atoms with E-state index in [-0.39, 0.29) is 0 Å². The van der Waals surface area contributed by atoms with Gasteiger partial charge in [0.05, 0.1) is 17.2 Å². The van der Waals surface area contributed by atoms with E-state index in [4.69, 9.17) is 4.98 Å². The zero-order valence-electron chi connectivity index (χ0n) is 15.8. The number of rotatable bonds is 4. The minimum atomic E-state index is 0.411. The predicted molar refractivity (Wildman–Crippen MR) is 106 cm³/mol. The first kappa shape index (κ1) is 16.9. The third kappa shape index (κ3) is 3.11. The fourth-order valence-electron chi connectivity index (χ4n) is 3.87. The van der Waals surface area contributed by atoms with Crippen molar-refractivity contribution >= 4 is 16.9 Å². The van der Waals surface area contributed by atoms with Crippen LogP contribution in [0.2, 0.25) is 0 Å². The van der Waals surface area contributed by atoms with Crippen LogP contribution in [0.15, 0.2) is 48.9 Å². The van der Waals surface area contributed by atoms with Gasteiger partial charge in [-0.05, 0) is 31.0 Å². The molecule has 1 aliphatic heterocycles. The first-order valence-electron chi connectivity index (χ1n) is 9.60. The van der Waals surface area contributed by atoms with Crippen molar-refractivity contribution in [3.63, 3.8) is 0 Å². The summed E-state index contributed by atoms with van der Waals surface area (Å²) in [4.78, 5) is 11.6. The number of para-hydroxylation sites is 2. The van der Waals surface area contributed by atoms with E-state index in [1.165, 1.54) is 0 Å². The Kier molecular flexibility index (Phi) is 4.23. The standard InChI is InChI=1S/C20H22N8/c1-26-19(14-28-10-4-9-22-28)24-25-20(26)15-7-11-27(12-8-15)18-13-21-16-5-2-3-6-17(16)23-18/h2-6,9-10,13,15H,7-8,11-12,14H2,1H3. The van der Waals surface area contributed by atoms with Crippen LogP contribution in [0, 0.1) is 0 Å². The fraction of sp³-hybridized carbons (Fsp3) is 0.350. The van der Waals surface area contributed by atoms with Crippen LogP contribution in [0.25, 0.3) is 11.0 Å². The minimum Gasteiger partial charge on any atom is -0.355 e. The van der Waals surface area contributed by atoms with Crippen molar-refractivity contribution in [2.45, 2.75) is 25.3 Å². The molecule has 0 aliphatic carbocycles. The van der Waals surface area contributed by atoms with Gasteiger partial charge >= 0.3 is 0 Å². The quantitative estimate of drug-likeness (QED) is 0.546. The van der Waals surface area contributed by atoms with E-state index < -0.39 is 0 Å². The van der Waals surface area contributed by atoms with Crippen LogP contribution >= 0.6 is 0 Å². The zero-order chi connectivity index (χ0) is 18.9. The molecular weight excluding hydrogens is 352 g/mol. The molecule has 28 heavy (non-hydrogen) atoms. The maximum absolute atomic E-state index is 4.78. The summed E-state index contributed by atoms with van der Waals surface area (Å²) in [5.41, 5.74) is 1.88. The van der Waals surface area contributed by atoms with Gasteiger partial charge < -0.3 is 9.47 Å². The highest BCUT2D eigenvalue weighted by molar-refractivity contribution is 5.75. The lowest BCUT2D eigenvalue weighted by atomic mass is 9.96. The molecule has 0 atom stereocenters. The molecule has 5 rings (SSSR count). The Hall–Kier alpha value is -3.29. The molecule has 0 radical (unpaired) electrons. The first-order chi connectivity index (χ1) is 13.8. The molecule has 1 aromatic carbocycles. The fourth-order valence-corrected chi connectivity index (χ4v) is 3.87.